The highest BCUT2D eigenvalue weighted by Crippen LogP contribution is 2.40. The zero-order valence-electron chi connectivity index (χ0n) is 17.7. The van der Waals surface area contributed by atoms with E-state index in [4.69, 9.17) is 4.74 Å². The monoisotopic (exact) mass is 503 g/mol. The molecule has 0 bridgehead atoms. The molecule has 1 aliphatic carbocycles. The van der Waals surface area contributed by atoms with Crippen molar-refractivity contribution in [3.8, 4) is 0 Å². The lowest BCUT2D eigenvalue weighted by Gasteiger charge is -2.30. The summed E-state index contributed by atoms with van der Waals surface area (Å²) in [6, 6.07) is 9.73. The summed E-state index contributed by atoms with van der Waals surface area (Å²) in [6.45, 7) is 9.55. The van der Waals surface area contributed by atoms with Gasteiger partial charge in [-0.1, -0.05) is 43.2 Å². The minimum Gasteiger partial charge on any atom is -0.384 e. The Balaban J connectivity index is 0.00000392. The van der Waals surface area contributed by atoms with Gasteiger partial charge >= 0.3 is 0 Å². The molecule has 1 fully saturated rings. The van der Waals surface area contributed by atoms with E-state index in [1.165, 1.54) is 25.7 Å². The van der Waals surface area contributed by atoms with Crippen LogP contribution >= 0.6 is 24.0 Å². The number of aliphatic imine (C=N–C) groups is 1. The fourth-order valence-corrected chi connectivity index (χ4v) is 3.81. The van der Waals surface area contributed by atoms with Crippen molar-refractivity contribution in [1.82, 2.24) is 10.6 Å². The van der Waals surface area contributed by atoms with E-state index in [1.54, 1.807) is 0 Å². The third kappa shape index (κ3) is 7.87. The highest BCUT2D eigenvalue weighted by atomic mass is 127. The van der Waals surface area contributed by atoms with E-state index in [-0.39, 0.29) is 24.0 Å². The lowest BCUT2D eigenvalue weighted by Crippen LogP contribution is -2.44. The number of rotatable bonds is 10. The first-order valence-electron chi connectivity index (χ1n) is 10.4. The van der Waals surface area contributed by atoms with Gasteiger partial charge in [0.25, 0.3) is 0 Å². The number of benzene rings is 1. The predicted octanol–water partition coefficient (Wildman–Crippen LogP) is 4.05. The number of nitrogens with zero attached hydrogens (tertiary/aromatic N) is 1. The SMILES string of the molecule is CCNC(=NCC(C)(O)c1ccccc1)NCC1(CCOCC)CCCC1.I. The second-order valence-electron chi connectivity index (χ2n) is 7.84. The van der Waals surface area contributed by atoms with Crippen molar-refractivity contribution in [3.05, 3.63) is 35.9 Å². The van der Waals surface area contributed by atoms with Gasteiger partial charge in [0.1, 0.15) is 5.60 Å². The lowest BCUT2D eigenvalue weighted by atomic mass is 9.83. The highest BCUT2D eigenvalue weighted by Gasteiger charge is 2.33. The van der Waals surface area contributed by atoms with Gasteiger partial charge in [0.15, 0.2) is 5.96 Å². The molecule has 0 radical (unpaired) electrons. The van der Waals surface area contributed by atoms with Crippen LogP contribution in [0.4, 0.5) is 0 Å². The quantitative estimate of drug-likeness (QED) is 0.195. The van der Waals surface area contributed by atoms with Crippen molar-refractivity contribution in [2.75, 3.05) is 32.8 Å². The van der Waals surface area contributed by atoms with E-state index in [2.05, 4.69) is 22.5 Å². The summed E-state index contributed by atoms with van der Waals surface area (Å²) in [6.07, 6.45) is 6.17. The number of aliphatic hydroxyl groups is 1. The molecule has 160 valence electrons. The molecular formula is C22H38IN3O2. The number of hydrogen-bond donors (Lipinski definition) is 3. The number of nitrogens with one attached hydrogen (secondary N) is 2. The molecule has 0 spiro atoms. The Kier molecular flexibility index (Phi) is 11.4. The maximum atomic E-state index is 10.8. The summed E-state index contributed by atoms with van der Waals surface area (Å²) in [4.78, 5) is 4.66. The van der Waals surface area contributed by atoms with Gasteiger partial charge in [-0.05, 0) is 51.0 Å². The summed E-state index contributed by atoms with van der Waals surface area (Å²) in [5.74, 6) is 0.774. The smallest absolute Gasteiger partial charge is 0.191 e. The number of ether oxygens (including phenoxy) is 1. The molecule has 1 atom stereocenters. The van der Waals surface area contributed by atoms with Crippen LogP contribution < -0.4 is 10.6 Å². The summed E-state index contributed by atoms with van der Waals surface area (Å²) >= 11 is 0. The molecule has 0 aliphatic heterocycles. The van der Waals surface area contributed by atoms with Crippen LogP contribution in [0.3, 0.4) is 0 Å². The standard InChI is InChI=1S/C22H37N3O2.HI/c1-4-23-20(24-17-21(3,26)19-11-7-6-8-12-19)25-18-22(13-9-10-14-22)15-16-27-5-2;/h6-8,11-12,26H,4-5,9-10,13-18H2,1-3H3,(H2,23,24,25);1H. The first kappa shape index (κ1) is 25.2. The molecule has 5 nitrogen and oxygen atoms in total. The molecule has 0 heterocycles. The van der Waals surface area contributed by atoms with Crippen molar-refractivity contribution in [2.45, 2.75) is 58.5 Å². The predicted molar refractivity (Wildman–Crippen MR) is 127 cm³/mol. The second kappa shape index (κ2) is 12.6. The molecule has 0 amide bonds. The Hall–Kier alpha value is -0.860. The van der Waals surface area contributed by atoms with Crippen LogP contribution in [0.15, 0.2) is 35.3 Å². The molecule has 28 heavy (non-hydrogen) atoms. The van der Waals surface area contributed by atoms with Crippen LogP contribution in [0, 0.1) is 5.41 Å². The first-order valence-corrected chi connectivity index (χ1v) is 10.4. The summed E-state index contributed by atoms with van der Waals surface area (Å²) in [5.41, 5.74) is 0.199. The van der Waals surface area contributed by atoms with Crippen LogP contribution in [-0.4, -0.2) is 43.9 Å². The third-order valence-corrected chi connectivity index (χ3v) is 5.56. The molecule has 1 unspecified atom stereocenters. The van der Waals surface area contributed by atoms with E-state index < -0.39 is 5.60 Å². The van der Waals surface area contributed by atoms with Crippen molar-refractivity contribution in [1.29, 1.82) is 0 Å². The zero-order chi connectivity index (χ0) is 19.6. The molecule has 6 heteroatoms. The molecule has 3 N–H and O–H groups in total. The van der Waals surface area contributed by atoms with Gasteiger partial charge < -0.3 is 20.5 Å². The third-order valence-electron chi connectivity index (χ3n) is 5.56. The van der Waals surface area contributed by atoms with Gasteiger partial charge in [0, 0.05) is 26.3 Å². The lowest BCUT2D eigenvalue weighted by molar-refractivity contribution is 0.0672. The van der Waals surface area contributed by atoms with Crippen molar-refractivity contribution in [2.24, 2.45) is 10.4 Å². The van der Waals surface area contributed by atoms with Gasteiger partial charge in [0.2, 0.25) is 0 Å². The van der Waals surface area contributed by atoms with E-state index in [9.17, 15) is 5.11 Å². The molecule has 1 aliphatic rings. The van der Waals surface area contributed by atoms with Crippen LogP contribution in [0.5, 0.6) is 0 Å². The molecule has 1 aromatic rings. The number of guanidine groups is 1. The Morgan fingerprint density at radius 2 is 1.86 bits per heavy atom. The average molecular weight is 503 g/mol. The van der Waals surface area contributed by atoms with E-state index >= 15 is 0 Å². The van der Waals surface area contributed by atoms with Crippen molar-refractivity contribution in [3.63, 3.8) is 0 Å². The molecule has 0 aromatic heterocycles. The fourth-order valence-electron chi connectivity index (χ4n) is 3.81. The van der Waals surface area contributed by atoms with Crippen molar-refractivity contribution < 1.29 is 9.84 Å². The molecule has 1 aromatic carbocycles. The largest absolute Gasteiger partial charge is 0.384 e. The normalized spacial score (nSPS) is 18.2. The van der Waals surface area contributed by atoms with Gasteiger partial charge in [-0.15, -0.1) is 24.0 Å². The van der Waals surface area contributed by atoms with Gasteiger partial charge in [0.05, 0.1) is 6.54 Å². The van der Waals surface area contributed by atoms with Crippen LogP contribution in [0.25, 0.3) is 0 Å². The van der Waals surface area contributed by atoms with Gasteiger partial charge in [-0.2, -0.15) is 0 Å². The maximum absolute atomic E-state index is 10.8. The molecule has 0 saturated heterocycles. The number of halogens is 1. The summed E-state index contributed by atoms with van der Waals surface area (Å²) < 4.78 is 5.61. The molecule has 1 saturated carbocycles. The van der Waals surface area contributed by atoms with Crippen LogP contribution in [0.1, 0.15) is 58.4 Å². The van der Waals surface area contributed by atoms with Crippen LogP contribution in [-0.2, 0) is 10.3 Å². The summed E-state index contributed by atoms with van der Waals surface area (Å²) in [7, 11) is 0. The highest BCUT2D eigenvalue weighted by molar-refractivity contribution is 14.0. The minimum atomic E-state index is -0.983. The molecular weight excluding hydrogens is 465 g/mol. The maximum Gasteiger partial charge on any atom is 0.191 e. The van der Waals surface area contributed by atoms with E-state index in [0.717, 1.165) is 44.2 Å². The first-order chi connectivity index (χ1) is 13.0. The Morgan fingerprint density at radius 3 is 2.46 bits per heavy atom. The topological polar surface area (TPSA) is 65.9 Å². The van der Waals surface area contributed by atoms with Crippen molar-refractivity contribution >= 4 is 29.9 Å². The fraction of sp³-hybridized carbons (Fsp3) is 0.682. The average Bonchev–Trinajstić information content (AvgIpc) is 3.14. The minimum absolute atomic E-state index is 0. The Morgan fingerprint density at radius 1 is 1.18 bits per heavy atom. The van der Waals surface area contributed by atoms with Gasteiger partial charge in [-0.3, -0.25) is 0 Å². The number of hydrogen-bond acceptors (Lipinski definition) is 3. The summed E-state index contributed by atoms with van der Waals surface area (Å²) in [5, 5.41) is 17.6. The molecule has 2 rings (SSSR count). The Labute approximate surface area is 187 Å². The van der Waals surface area contributed by atoms with Crippen LogP contribution in [0.2, 0.25) is 0 Å². The van der Waals surface area contributed by atoms with Gasteiger partial charge in [-0.25, -0.2) is 4.99 Å². The second-order valence-corrected chi connectivity index (χ2v) is 7.84. The van der Waals surface area contributed by atoms with E-state index in [1.807, 2.05) is 44.2 Å². The van der Waals surface area contributed by atoms with E-state index in [0.29, 0.717) is 12.0 Å². The zero-order valence-corrected chi connectivity index (χ0v) is 20.0. The Bertz CT molecular complexity index is 572.